The van der Waals surface area contributed by atoms with E-state index in [1.54, 1.807) is 0 Å². The molecule has 32 heavy (non-hydrogen) atoms. The molecule has 0 saturated carbocycles. The van der Waals surface area contributed by atoms with Gasteiger partial charge in [-0.05, 0) is 41.8 Å². The van der Waals surface area contributed by atoms with E-state index in [4.69, 9.17) is 0 Å². The monoisotopic (exact) mass is 425 g/mol. The van der Waals surface area contributed by atoms with E-state index in [1.807, 2.05) is 6.20 Å². The number of aromatic nitrogens is 3. The minimum Gasteiger partial charge on any atom is -0.369 e. The van der Waals surface area contributed by atoms with Crippen molar-refractivity contribution in [2.24, 2.45) is 0 Å². The average Bonchev–Trinajstić information content (AvgIpc) is 3.22. The van der Waals surface area contributed by atoms with E-state index >= 15 is 0 Å². The lowest BCUT2D eigenvalue weighted by Gasteiger charge is -2.34. The van der Waals surface area contributed by atoms with Crippen LogP contribution < -0.4 is 4.90 Å². The first-order valence-corrected chi connectivity index (χ1v) is 11.4. The Bertz CT molecular complexity index is 1210. The van der Waals surface area contributed by atoms with Crippen LogP contribution in [0.5, 0.6) is 0 Å². The van der Waals surface area contributed by atoms with Gasteiger partial charge in [-0.3, -0.25) is 5.10 Å². The normalized spacial score (nSPS) is 15.4. The van der Waals surface area contributed by atoms with Crippen LogP contribution in [0, 0.1) is 0 Å². The summed E-state index contributed by atoms with van der Waals surface area (Å²) >= 11 is 0. The van der Waals surface area contributed by atoms with Crippen molar-refractivity contribution in [3.63, 3.8) is 0 Å². The SMILES string of the molecule is CN1CCN(c2ccc(-c3cnc4n[nH]c(-c5ccc(C(C)(C)C)cc5)c4c3)cc2)CC1. The van der Waals surface area contributed by atoms with Gasteiger partial charge >= 0.3 is 0 Å². The maximum Gasteiger partial charge on any atom is 0.181 e. The molecule has 5 nitrogen and oxygen atoms in total. The molecule has 0 spiro atoms. The largest absolute Gasteiger partial charge is 0.369 e. The zero-order valence-corrected chi connectivity index (χ0v) is 19.4. The summed E-state index contributed by atoms with van der Waals surface area (Å²) in [5.74, 6) is 0. The summed E-state index contributed by atoms with van der Waals surface area (Å²) in [6, 6.07) is 19.8. The first kappa shape index (κ1) is 20.7. The van der Waals surface area contributed by atoms with Crippen LogP contribution in [-0.2, 0) is 5.41 Å². The Kier molecular flexibility index (Phi) is 5.22. The van der Waals surface area contributed by atoms with Crippen LogP contribution in [0.2, 0.25) is 0 Å². The fraction of sp³-hybridized carbons (Fsp3) is 0.333. The van der Waals surface area contributed by atoms with Crippen molar-refractivity contribution in [3.05, 3.63) is 66.4 Å². The molecule has 1 saturated heterocycles. The molecule has 0 unspecified atom stereocenters. The van der Waals surface area contributed by atoms with E-state index in [9.17, 15) is 0 Å². The summed E-state index contributed by atoms with van der Waals surface area (Å²) in [5, 5.41) is 8.69. The van der Waals surface area contributed by atoms with Crippen LogP contribution in [0.3, 0.4) is 0 Å². The third-order valence-electron chi connectivity index (χ3n) is 6.52. The van der Waals surface area contributed by atoms with Gasteiger partial charge in [-0.2, -0.15) is 5.10 Å². The van der Waals surface area contributed by atoms with E-state index in [-0.39, 0.29) is 5.41 Å². The maximum absolute atomic E-state index is 4.62. The zero-order chi connectivity index (χ0) is 22.3. The summed E-state index contributed by atoms with van der Waals surface area (Å²) in [7, 11) is 2.19. The number of rotatable bonds is 3. The first-order chi connectivity index (χ1) is 15.4. The van der Waals surface area contributed by atoms with Crippen molar-refractivity contribution in [1.29, 1.82) is 0 Å². The molecule has 2 aromatic carbocycles. The Morgan fingerprint density at radius 2 is 1.47 bits per heavy atom. The molecule has 164 valence electrons. The van der Waals surface area contributed by atoms with Crippen LogP contribution in [0.1, 0.15) is 26.3 Å². The third-order valence-corrected chi connectivity index (χ3v) is 6.52. The maximum atomic E-state index is 4.62. The highest BCUT2D eigenvalue weighted by Crippen LogP contribution is 2.31. The molecule has 2 aromatic heterocycles. The second-order valence-electron chi connectivity index (χ2n) is 9.86. The Morgan fingerprint density at radius 3 is 2.12 bits per heavy atom. The predicted molar refractivity (Wildman–Crippen MR) is 133 cm³/mol. The molecule has 0 atom stereocenters. The van der Waals surface area contributed by atoms with E-state index in [0.717, 1.165) is 54.0 Å². The van der Waals surface area contributed by atoms with Gasteiger partial charge < -0.3 is 9.80 Å². The number of likely N-dealkylation sites (N-methyl/N-ethyl adjacent to an activating group) is 1. The summed E-state index contributed by atoms with van der Waals surface area (Å²) in [5.41, 5.74) is 7.93. The fourth-order valence-electron chi connectivity index (χ4n) is 4.34. The molecule has 1 aliphatic rings. The van der Waals surface area contributed by atoms with Gasteiger partial charge in [-0.25, -0.2) is 4.98 Å². The van der Waals surface area contributed by atoms with Crippen molar-refractivity contribution in [2.45, 2.75) is 26.2 Å². The number of H-pyrrole nitrogens is 1. The van der Waals surface area contributed by atoms with E-state index in [2.05, 4.69) is 107 Å². The highest BCUT2D eigenvalue weighted by molar-refractivity contribution is 5.93. The topological polar surface area (TPSA) is 48.1 Å². The quantitative estimate of drug-likeness (QED) is 0.481. The molecule has 1 aliphatic heterocycles. The summed E-state index contributed by atoms with van der Waals surface area (Å²) in [6.45, 7) is 11.1. The summed E-state index contributed by atoms with van der Waals surface area (Å²) in [4.78, 5) is 9.46. The Balaban J connectivity index is 1.44. The van der Waals surface area contributed by atoms with Gasteiger partial charge in [-0.1, -0.05) is 57.2 Å². The van der Waals surface area contributed by atoms with Gasteiger partial charge in [0, 0.05) is 54.6 Å². The first-order valence-electron chi connectivity index (χ1n) is 11.4. The number of pyridine rings is 1. The minimum atomic E-state index is 0.138. The number of nitrogens with zero attached hydrogens (tertiary/aromatic N) is 4. The molecule has 1 N–H and O–H groups in total. The van der Waals surface area contributed by atoms with Crippen LogP contribution in [0.15, 0.2) is 60.8 Å². The Labute approximate surface area is 190 Å². The van der Waals surface area contributed by atoms with Gasteiger partial charge in [0.05, 0.1) is 5.69 Å². The molecule has 0 amide bonds. The van der Waals surface area contributed by atoms with Crippen LogP contribution in [-0.4, -0.2) is 53.3 Å². The van der Waals surface area contributed by atoms with Crippen LogP contribution in [0.4, 0.5) is 5.69 Å². The molecule has 3 heterocycles. The lowest BCUT2D eigenvalue weighted by atomic mass is 9.86. The average molecular weight is 426 g/mol. The standard InChI is InChI=1S/C27H31N5/c1-27(2,3)22-9-5-20(6-10-22)25-24-17-21(18-28-26(24)30-29-25)19-7-11-23(12-8-19)32-15-13-31(4)14-16-32/h5-12,17-18H,13-16H2,1-4H3,(H,28,29,30). The Hall–Kier alpha value is -3.18. The van der Waals surface area contributed by atoms with Crippen LogP contribution in [0.25, 0.3) is 33.4 Å². The molecule has 5 rings (SSSR count). The molecule has 0 bridgehead atoms. The molecular weight excluding hydrogens is 394 g/mol. The van der Waals surface area contributed by atoms with Crippen molar-refractivity contribution < 1.29 is 0 Å². The van der Waals surface area contributed by atoms with E-state index in [0.29, 0.717) is 0 Å². The van der Waals surface area contributed by atoms with Crippen molar-refractivity contribution >= 4 is 16.7 Å². The number of aromatic amines is 1. The molecule has 0 aliphatic carbocycles. The highest BCUT2D eigenvalue weighted by Gasteiger charge is 2.16. The van der Waals surface area contributed by atoms with Gasteiger partial charge in [-0.15, -0.1) is 0 Å². The molecule has 0 radical (unpaired) electrons. The highest BCUT2D eigenvalue weighted by atomic mass is 15.2. The van der Waals surface area contributed by atoms with Crippen LogP contribution >= 0.6 is 0 Å². The second-order valence-corrected chi connectivity index (χ2v) is 9.86. The lowest BCUT2D eigenvalue weighted by Crippen LogP contribution is -2.44. The lowest BCUT2D eigenvalue weighted by molar-refractivity contribution is 0.313. The molecule has 4 aromatic rings. The fourth-order valence-corrected chi connectivity index (χ4v) is 4.34. The number of anilines is 1. The summed E-state index contributed by atoms with van der Waals surface area (Å²) in [6.07, 6.45) is 1.92. The van der Waals surface area contributed by atoms with E-state index < -0.39 is 0 Å². The summed E-state index contributed by atoms with van der Waals surface area (Å²) < 4.78 is 0. The third kappa shape index (κ3) is 4.00. The van der Waals surface area contributed by atoms with Crippen molar-refractivity contribution in [1.82, 2.24) is 20.1 Å². The van der Waals surface area contributed by atoms with Crippen molar-refractivity contribution in [2.75, 3.05) is 38.1 Å². The number of nitrogens with one attached hydrogen (secondary N) is 1. The molecule has 1 fully saturated rings. The second kappa shape index (κ2) is 8.06. The zero-order valence-electron chi connectivity index (χ0n) is 19.4. The number of hydrogen-bond donors (Lipinski definition) is 1. The number of fused-ring (bicyclic) bond motifs is 1. The predicted octanol–water partition coefficient (Wildman–Crippen LogP) is 5.34. The molecule has 5 heteroatoms. The smallest absolute Gasteiger partial charge is 0.181 e. The minimum absolute atomic E-state index is 0.138. The molecular formula is C27H31N5. The van der Waals surface area contributed by atoms with E-state index in [1.165, 1.54) is 16.8 Å². The number of piperazine rings is 1. The number of hydrogen-bond acceptors (Lipinski definition) is 4. The van der Waals surface area contributed by atoms with Gasteiger partial charge in [0.25, 0.3) is 0 Å². The van der Waals surface area contributed by atoms with Gasteiger partial charge in [0.2, 0.25) is 0 Å². The van der Waals surface area contributed by atoms with Gasteiger partial charge in [0.1, 0.15) is 0 Å². The number of benzene rings is 2. The van der Waals surface area contributed by atoms with Gasteiger partial charge in [0.15, 0.2) is 5.65 Å². The van der Waals surface area contributed by atoms with Crippen molar-refractivity contribution in [3.8, 4) is 22.4 Å². The Morgan fingerprint density at radius 1 is 0.812 bits per heavy atom.